The van der Waals surface area contributed by atoms with E-state index in [4.69, 9.17) is 0 Å². The molecule has 17 heavy (non-hydrogen) atoms. The van der Waals surface area contributed by atoms with E-state index in [2.05, 4.69) is 5.32 Å². The van der Waals surface area contributed by atoms with Crippen LogP contribution >= 0.6 is 0 Å². The molecular weight excluding hydrogens is 228 g/mol. The van der Waals surface area contributed by atoms with Gasteiger partial charge in [-0.3, -0.25) is 9.59 Å². The quantitative estimate of drug-likeness (QED) is 0.802. The van der Waals surface area contributed by atoms with Crippen molar-refractivity contribution in [1.82, 2.24) is 5.32 Å². The molecule has 0 aliphatic heterocycles. The smallest absolute Gasteiger partial charge is 0.219 e. The summed E-state index contributed by atoms with van der Waals surface area (Å²) in [4.78, 5) is 22.5. The number of benzene rings is 1. The zero-order valence-electron chi connectivity index (χ0n) is 9.43. The fourth-order valence-corrected chi connectivity index (χ4v) is 1.35. The molecule has 0 saturated carbocycles. The first-order valence-electron chi connectivity index (χ1n) is 5.23. The number of Topliss-reactive ketones (excluding diaryl/α,β-unsaturated/α-hetero) is 1. The van der Waals surface area contributed by atoms with Gasteiger partial charge in [-0.15, -0.1) is 0 Å². The maximum atomic E-state index is 12.9. The van der Waals surface area contributed by atoms with Crippen LogP contribution in [0, 0.1) is 11.6 Å². The average molecular weight is 241 g/mol. The third-order valence-electron chi connectivity index (χ3n) is 2.33. The summed E-state index contributed by atoms with van der Waals surface area (Å²) in [5.41, 5.74) is 0.126. The van der Waals surface area contributed by atoms with E-state index in [9.17, 15) is 18.4 Å². The molecule has 0 spiro atoms. The monoisotopic (exact) mass is 241 g/mol. The second-order valence-corrected chi connectivity index (χ2v) is 3.58. The predicted octanol–water partition coefficient (Wildman–Crippen LogP) is 2.06. The number of carbonyl (C=O) groups is 2. The molecule has 0 heterocycles. The molecule has 0 saturated heterocycles. The van der Waals surface area contributed by atoms with Gasteiger partial charge in [-0.1, -0.05) is 0 Å². The highest BCUT2D eigenvalue weighted by atomic mass is 19.2. The normalized spacial score (nSPS) is 10.1. The van der Waals surface area contributed by atoms with E-state index in [1.165, 1.54) is 13.1 Å². The minimum atomic E-state index is -1.04. The average Bonchev–Trinajstić information content (AvgIpc) is 2.32. The van der Waals surface area contributed by atoms with Crippen molar-refractivity contribution < 1.29 is 18.4 Å². The molecule has 0 bridgehead atoms. The van der Waals surface area contributed by atoms with E-state index in [0.717, 1.165) is 12.1 Å². The van der Waals surface area contributed by atoms with Crippen LogP contribution in [0.5, 0.6) is 0 Å². The van der Waals surface area contributed by atoms with Crippen LogP contribution in [-0.4, -0.2) is 18.7 Å². The summed E-state index contributed by atoms with van der Waals surface area (Å²) >= 11 is 0. The van der Waals surface area contributed by atoms with Crippen molar-refractivity contribution >= 4 is 11.7 Å². The standard InChI is InChI=1S/C12H13F2NO2/c1-15-12(17)4-2-3-11(16)8-5-6-9(13)10(14)7-8/h5-7H,2-4H2,1H3,(H,15,17). The molecule has 3 nitrogen and oxygen atoms in total. The Morgan fingerprint density at radius 1 is 1.18 bits per heavy atom. The highest BCUT2D eigenvalue weighted by molar-refractivity contribution is 5.96. The molecule has 0 radical (unpaired) electrons. The number of ketones is 1. The van der Waals surface area contributed by atoms with Gasteiger partial charge in [-0.2, -0.15) is 0 Å². The van der Waals surface area contributed by atoms with E-state index >= 15 is 0 Å². The Kier molecular flexibility index (Phi) is 4.75. The number of carbonyl (C=O) groups excluding carboxylic acids is 2. The van der Waals surface area contributed by atoms with Crippen molar-refractivity contribution in [3.05, 3.63) is 35.4 Å². The summed E-state index contributed by atoms with van der Waals surface area (Å²) in [7, 11) is 1.51. The number of rotatable bonds is 5. The van der Waals surface area contributed by atoms with Gasteiger partial charge >= 0.3 is 0 Å². The van der Waals surface area contributed by atoms with Crippen LogP contribution in [0.15, 0.2) is 18.2 Å². The molecule has 1 amide bonds. The van der Waals surface area contributed by atoms with Gasteiger partial charge in [0.1, 0.15) is 0 Å². The summed E-state index contributed by atoms with van der Waals surface area (Å²) < 4.78 is 25.5. The lowest BCUT2D eigenvalue weighted by atomic mass is 10.1. The van der Waals surface area contributed by atoms with Gasteiger partial charge in [-0.25, -0.2) is 8.78 Å². The van der Waals surface area contributed by atoms with Crippen LogP contribution in [0.2, 0.25) is 0 Å². The number of halogens is 2. The van der Waals surface area contributed by atoms with Crippen molar-refractivity contribution in [3.63, 3.8) is 0 Å². The zero-order chi connectivity index (χ0) is 12.8. The van der Waals surface area contributed by atoms with Gasteiger partial charge < -0.3 is 5.32 Å². The first-order chi connectivity index (χ1) is 8.04. The summed E-state index contributed by atoms with van der Waals surface area (Å²) in [6.45, 7) is 0. The summed E-state index contributed by atoms with van der Waals surface area (Å²) in [5.74, 6) is -2.47. The second-order valence-electron chi connectivity index (χ2n) is 3.58. The Balaban J connectivity index is 2.52. The van der Waals surface area contributed by atoms with E-state index in [0.29, 0.717) is 6.42 Å². The maximum Gasteiger partial charge on any atom is 0.219 e. The Bertz CT molecular complexity index is 433. The number of hydrogen-bond donors (Lipinski definition) is 1. The molecular formula is C12H13F2NO2. The third kappa shape index (κ3) is 3.94. The van der Waals surface area contributed by atoms with Gasteiger partial charge in [0.05, 0.1) is 0 Å². The van der Waals surface area contributed by atoms with E-state index in [-0.39, 0.29) is 30.1 Å². The molecule has 1 aromatic carbocycles. The third-order valence-corrected chi connectivity index (χ3v) is 2.33. The minimum absolute atomic E-state index is 0.126. The molecule has 5 heteroatoms. The van der Waals surface area contributed by atoms with E-state index < -0.39 is 11.6 Å². The van der Waals surface area contributed by atoms with Crippen molar-refractivity contribution in [2.45, 2.75) is 19.3 Å². The van der Waals surface area contributed by atoms with Gasteiger partial charge in [0, 0.05) is 25.5 Å². The van der Waals surface area contributed by atoms with Crippen LogP contribution in [0.4, 0.5) is 8.78 Å². The molecule has 0 unspecified atom stereocenters. The Morgan fingerprint density at radius 3 is 2.47 bits per heavy atom. The molecule has 92 valence electrons. The van der Waals surface area contributed by atoms with E-state index in [1.54, 1.807) is 0 Å². The molecule has 0 aliphatic carbocycles. The Hall–Kier alpha value is -1.78. The lowest BCUT2D eigenvalue weighted by Gasteiger charge is -2.02. The SMILES string of the molecule is CNC(=O)CCCC(=O)c1ccc(F)c(F)c1. The van der Waals surface area contributed by atoms with Gasteiger partial charge in [-0.05, 0) is 24.6 Å². The Morgan fingerprint density at radius 2 is 1.88 bits per heavy atom. The zero-order valence-corrected chi connectivity index (χ0v) is 9.43. The van der Waals surface area contributed by atoms with Crippen molar-refractivity contribution in [2.75, 3.05) is 7.05 Å². The van der Waals surface area contributed by atoms with Crippen LogP contribution in [0.3, 0.4) is 0 Å². The molecule has 0 aliphatic rings. The summed E-state index contributed by atoms with van der Waals surface area (Å²) in [5, 5.41) is 2.44. The predicted molar refractivity (Wildman–Crippen MR) is 58.6 cm³/mol. The highest BCUT2D eigenvalue weighted by Gasteiger charge is 2.10. The van der Waals surface area contributed by atoms with E-state index in [1.807, 2.05) is 0 Å². The second kappa shape index (κ2) is 6.08. The lowest BCUT2D eigenvalue weighted by molar-refractivity contribution is -0.120. The minimum Gasteiger partial charge on any atom is -0.359 e. The highest BCUT2D eigenvalue weighted by Crippen LogP contribution is 2.12. The van der Waals surface area contributed by atoms with Crippen LogP contribution in [0.1, 0.15) is 29.6 Å². The fraction of sp³-hybridized carbons (Fsp3) is 0.333. The lowest BCUT2D eigenvalue weighted by Crippen LogP contribution is -2.17. The largest absolute Gasteiger partial charge is 0.359 e. The molecule has 1 rings (SSSR count). The maximum absolute atomic E-state index is 12.9. The van der Waals surface area contributed by atoms with Gasteiger partial charge in [0.25, 0.3) is 0 Å². The first-order valence-corrected chi connectivity index (χ1v) is 5.23. The summed E-state index contributed by atoms with van der Waals surface area (Å²) in [6.07, 6.45) is 0.766. The van der Waals surface area contributed by atoms with Crippen LogP contribution in [0.25, 0.3) is 0 Å². The Labute approximate surface area is 97.8 Å². The molecule has 0 atom stereocenters. The number of hydrogen-bond acceptors (Lipinski definition) is 2. The number of nitrogens with one attached hydrogen (secondary N) is 1. The summed E-state index contributed by atoms with van der Waals surface area (Å²) in [6, 6.07) is 3.03. The molecule has 0 fully saturated rings. The molecule has 0 aromatic heterocycles. The fourth-order valence-electron chi connectivity index (χ4n) is 1.35. The number of amides is 1. The van der Waals surface area contributed by atoms with Crippen LogP contribution < -0.4 is 5.32 Å². The topological polar surface area (TPSA) is 46.2 Å². The van der Waals surface area contributed by atoms with Gasteiger partial charge in [0.15, 0.2) is 17.4 Å². The molecule has 1 aromatic rings. The van der Waals surface area contributed by atoms with Gasteiger partial charge in [0.2, 0.25) is 5.91 Å². The molecule has 1 N–H and O–H groups in total. The van der Waals surface area contributed by atoms with Crippen LogP contribution in [-0.2, 0) is 4.79 Å². The van der Waals surface area contributed by atoms with Crippen molar-refractivity contribution in [2.24, 2.45) is 0 Å². The first kappa shape index (κ1) is 13.3. The van der Waals surface area contributed by atoms with Crippen molar-refractivity contribution in [1.29, 1.82) is 0 Å². The van der Waals surface area contributed by atoms with Crippen molar-refractivity contribution in [3.8, 4) is 0 Å².